The lowest BCUT2D eigenvalue weighted by molar-refractivity contribution is -0.127. The molecule has 0 aromatic heterocycles. The molecule has 1 amide bonds. The van der Waals surface area contributed by atoms with Crippen LogP contribution in [0.15, 0.2) is 4.99 Å². The summed E-state index contributed by atoms with van der Waals surface area (Å²) in [5, 5.41) is 6.18. The predicted molar refractivity (Wildman–Crippen MR) is 135 cm³/mol. The third-order valence-corrected chi connectivity index (χ3v) is 7.87. The molecule has 3 heterocycles. The van der Waals surface area contributed by atoms with Crippen LogP contribution in [0.3, 0.4) is 0 Å². The number of halogens is 2. The van der Waals surface area contributed by atoms with Crippen LogP contribution in [0.5, 0.6) is 0 Å². The molecule has 0 aromatic rings. The van der Waals surface area contributed by atoms with Crippen LogP contribution >= 0.6 is 23.2 Å². The van der Waals surface area contributed by atoms with Crippen molar-refractivity contribution in [2.45, 2.75) is 81.1 Å². The minimum Gasteiger partial charge on any atom is -0.371 e. The van der Waals surface area contributed by atoms with E-state index in [1.165, 1.54) is 0 Å². The van der Waals surface area contributed by atoms with Gasteiger partial charge in [0.05, 0.1) is 41.7 Å². The summed E-state index contributed by atoms with van der Waals surface area (Å²) in [6.45, 7) is 8.04. The summed E-state index contributed by atoms with van der Waals surface area (Å²) >= 11 is 13.1. The van der Waals surface area contributed by atoms with E-state index >= 15 is 0 Å². The summed E-state index contributed by atoms with van der Waals surface area (Å²) < 4.78 is 6.45. The van der Waals surface area contributed by atoms with E-state index < -0.39 is 12.1 Å². The summed E-state index contributed by atoms with van der Waals surface area (Å²) in [7, 11) is 2.12. The van der Waals surface area contributed by atoms with Crippen molar-refractivity contribution in [3.05, 3.63) is 0 Å². The number of likely N-dealkylation sites (tertiary alicyclic amines) is 1. The second kappa shape index (κ2) is 12.0. The summed E-state index contributed by atoms with van der Waals surface area (Å²) in [5.41, 5.74) is 13.0. The Bertz CT molecular complexity index is 684. The van der Waals surface area contributed by atoms with Gasteiger partial charge in [0.2, 0.25) is 5.91 Å². The molecular formula is C23H42Cl2N6O2. The van der Waals surface area contributed by atoms with Crippen molar-refractivity contribution in [2.75, 3.05) is 39.8 Å². The molecule has 5 atom stereocenters. The molecule has 33 heavy (non-hydrogen) atoms. The highest BCUT2D eigenvalue weighted by molar-refractivity contribution is 6.21. The number of hydrogen-bond donors (Lipinski definition) is 4. The summed E-state index contributed by atoms with van der Waals surface area (Å²) in [4.78, 5) is 20.5. The normalized spacial score (nSPS) is 34.7. The van der Waals surface area contributed by atoms with Crippen LogP contribution in [0.1, 0.15) is 46.0 Å². The molecule has 0 saturated carbocycles. The third-order valence-electron chi connectivity index (χ3n) is 7.11. The van der Waals surface area contributed by atoms with Crippen molar-refractivity contribution in [2.24, 2.45) is 27.8 Å². The van der Waals surface area contributed by atoms with Crippen LogP contribution in [0.4, 0.5) is 0 Å². The summed E-state index contributed by atoms with van der Waals surface area (Å²) in [6.07, 6.45) is 3.47. The Labute approximate surface area is 208 Å². The van der Waals surface area contributed by atoms with Gasteiger partial charge in [0, 0.05) is 31.9 Å². The van der Waals surface area contributed by atoms with Gasteiger partial charge in [0.25, 0.3) is 0 Å². The SMILES string of the molecule is CN1CCC(OC2C(Cl)CNCC2NC(=O)C(/C2=N/CC(Cl)CCC(C)(C)C2)C(N)N)CC1. The monoisotopic (exact) mass is 504 g/mol. The molecule has 0 bridgehead atoms. The quantitative estimate of drug-likeness (QED) is 0.319. The van der Waals surface area contributed by atoms with E-state index in [0.717, 1.165) is 44.5 Å². The second-order valence-electron chi connectivity index (χ2n) is 10.8. The van der Waals surface area contributed by atoms with E-state index in [-0.39, 0.29) is 40.3 Å². The molecule has 8 nitrogen and oxygen atoms in total. The Morgan fingerprint density at radius 1 is 1.24 bits per heavy atom. The van der Waals surface area contributed by atoms with Gasteiger partial charge >= 0.3 is 0 Å². The van der Waals surface area contributed by atoms with Crippen LogP contribution in [-0.4, -0.2) is 91.5 Å². The molecule has 0 radical (unpaired) electrons. The van der Waals surface area contributed by atoms with E-state index in [9.17, 15) is 4.79 Å². The fraction of sp³-hybridized carbons (Fsp3) is 0.913. The lowest BCUT2D eigenvalue weighted by atomic mass is 9.78. The maximum absolute atomic E-state index is 13.5. The molecule has 6 N–H and O–H groups in total. The van der Waals surface area contributed by atoms with Gasteiger partial charge in [-0.3, -0.25) is 9.79 Å². The topological polar surface area (TPSA) is 118 Å². The minimum absolute atomic E-state index is 0.0345. The Hall–Kier alpha value is -0.480. The zero-order valence-corrected chi connectivity index (χ0v) is 21.7. The number of ether oxygens (including phenoxy) is 1. The standard InChI is InChI=1S/C23H42Cl2N6O2/c1-23(2)7-4-14(24)11-29-17(10-23)19(21(26)27)22(32)30-18-13-28-12-16(25)20(18)33-15-5-8-31(3)9-6-15/h14-16,18-21,28H,4-13,26-27H2,1-3H3,(H,30,32)/b29-17+. The van der Waals surface area contributed by atoms with Gasteiger partial charge in [-0.15, -0.1) is 23.2 Å². The zero-order chi connectivity index (χ0) is 24.2. The minimum atomic E-state index is -0.857. The average Bonchev–Trinajstić information content (AvgIpc) is 2.73. The van der Waals surface area contributed by atoms with Crippen molar-refractivity contribution >= 4 is 34.8 Å². The van der Waals surface area contributed by atoms with Crippen molar-refractivity contribution < 1.29 is 9.53 Å². The van der Waals surface area contributed by atoms with Crippen LogP contribution in [0.2, 0.25) is 0 Å². The molecule has 3 aliphatic rings. The number of amides is 1. The Kier molecular flexibility index (Phi) is 9.84. The number of carbonyl (C=O) groups is 1. The molecule has 190 valence electrons. The van der Waals surface area contributed by atoms with Crippen molar-refractivity contribution in [1.82, 2.24) is 15.5 Å². The van der Waals surface area contributed by atoms with Crippen LogP contribution in [-0.2, 0) is 9.53 Å². The lowest BCUT2D eigenvalue weighted by Crippen LogP contribution is -2.63. The van der Waals surface area contributed by atoms with E-state index in [0.29, 0.717) is 26.1 Å². The van der Waals surface area contributed by atoms with Crippen molar-refractivity contribution in [3.63, 3.8) is 0 Å². The lowest BCUT2D eigenvalue weighted by Gasteiger charge is -2.40. The van der Waals surface area contributed by atoms with Gasteiger partial charge < -0.3 is 31.7 Å². The van der Waals surface area contributed by atoms with Gasteiger partial charge in [-0.1, -0.05) is 13.8 Å². The van der Waals surface area contributed by atoms with E-state index in [1.807, 2.05) is 0 Å². The number of piperidine rings is 2. The highest BCUT2D eigenvalue weighted by Crippen LogP contribution is 2.33. The fourth-order valence-electron chi connectivity index (χ4n) is 5.04. The highest BCUT2D eigenvalue weighted by Gasteiger charge is 2.40. The maximum atomic E-state index is 13.5. The number of alkyl halides is 2. The van der Waals surface area contributed by atoms with Crippen molar-refractivity contribution in [3.8, 4) is 0 Å². The van der Waals surface area contributed by atoms with E-state index in [1.54, 1.807) is 0 Å². The smallest absolute Gasteiger partial charge is 0.232 e. The molecule has 0 aromatic carbocycles. The number of carbonyl (C=O) groups excluding carboxylic acids is 1. The molecule has 0 spiro atoms. The van der Waals surface area contributed by atoms with E-state index in [4.69, 9.17) is 44.4 Å². The van der Waals surface area contributed by atoms with Crippen LogP contribution in [0, 0.1) is 11.3 Å². The number of nitrogens with one attached hydrogen (secondary N) is 2. The van der Waals surface area contributed by atoms with Gasteiger partial charge in [-0.25, -0.2) is 0 Å². The molecular weight excluding hydrogens is 463 g/mol. The zero-order valence-electron chi connectivity index (χ0n) is 20.2. The molecule has 5 unspecified atom stereocenters. The summed E-state index contributed by atoms with van der Waals surface area (Å²) in [6, 6.07) is -0.266. The number of rotatable bonds is 6. The fourth-order valence-corrected chi connectivity index (χ4v) is 5.56. The first kappa shape index (κ1) is 27.1. The van der Waals surface area contributed by atoms with Crippen molar-refractivity contribution in [1.29, 1.82) is 0 Å². The molecule has 10 heteroatoms. The molecule has 2 saturated heterocycles. The predicted octanol–water partition coefficient (Wildman–Crippen LogP) is 1.28. The van der Waals surface area contributed by atoms with Crippen LogP contribution < -0.4 is 22.1 Å². The van der Waals surface area contributed by atoms with Gasteiger partial charge in [0.1, 0.15) is 5.92 Å². The highest BCUT2D eigenvalue weighted by atomic mass is 35.5. The van der Waals surface area contributed by atoms with Gasteiger partial charge in [-0.2, -0.15) is 0 Å². The Morgan fingerprint density at radius 2 is 1.94 bits per heavy atom. The third kappa shape index (κ3) is 7.75. The van der Waals surface area contributed by atoms with E-state index in [2.05, 4.69) is 36.4 Å². The molecule has 3 aliphatic heterocycles. The first-order valence-electron chi connectivity index (χ1n) is 12.2. The first-order chi connectivity index (χ1) is 15.6. The number of nitrogens with two attached hydrogens (primary N) is 2. The molecule has 2 fully saturated rings. The largest absolute Gasteiger partial charge is 0.371 e. The molecule has 3 rings (SSSR count). The Morgan fingerprint density at radius 3 is 2.61 bits per heavy atom. The average molecular weight is 506 g/mol. The van der Waals surface area contributed by atoms with Crippen LogP contribution in [0.25, 0.3) is 0 Å². The second-order valence-corrected chi connectivity index (χ2v) is 11.9. The van der Waals surface area contributed by atoms with Gasteiger partial charge in [0.15, 0.2) is 0 Å². The number of hydrogen-bond acceptors (Lipinski definition) is 7. The molecule has 0 aliphatic carbocycles. The van der Waals surface area contributed by atoms with Gasteiger partial charge in [-0.05, 0) is 44.6 Å². The maximum Gasteiger partial charge on any atom is 0.232 e. The Balaban J connectivity index is 1.72. The first-order valence-corrected chi connectivity index (χ1v) is 13.1. The number of nitrogens with zero attached hydrogens (tertiary/aromatic N) is 2. The number of aliphatic imine (C=N–C) groups is 1. The summed E-state index contributed by atoms with van der Waals surface area (Å²) in [5.74, 6) is -0.938.